The first-order valence-electron chi connectivity index (χ1n) is 4.79. The van der Waals surface area contributed by atoms with Gasteiger partial charge in [0, 0.05) is 6.54 Å². The monoisotopic (exact) mass is 224 g/mol. The third kappa shape index (κ3) is 3.00. The molecule has 0 radical (unpaired) electrons. The van der Waals surface area contributed by atoms with Gasteiger partial charge in [0.05, 0.1) is 17.7 Å². The molecule has 0 fully saturated rings. The van der Waals surface area contributed by atoms with E-state index in [0.29, 0.717) is 0 Å². The van der Waals surface area contributed by atoms with Crippen LogP contribution in [0.1, 0.15) is 17.2 Å². The van der Waals surface area contributed by atoms with Crippen LogP contribution in [0.2, 0.25) is 0 Å². The van der Waals surface area contributed by atoms with E-state index in [0.717, 1.165) is 12.1 Å². The molecule has 0 aromatic heterocycles. The van der Waals surface area contributed by atoms with Gasteiger partial charge < -0.3 is 15.5 Å². The van der Waals surface area contributed by atoms with Gasteiger partial charge in [-0.3, -0.25) is 0 Å². The number of halogens is 1. The molecule has 5 heteroatoms. The average Bonchev–Trinajstić information content (AvgIpc) is 2.27. The zero-order valence-electron chi connectivity index (χ0n) is 8.81. The number of benzene rings is 1. The first-order chi connectivity index (χ1) is 7.58. The van der Waals surface area contributed by atoms with Crippen LogP contribution in [0.4, 0.5) is 4.39 Å². The van der Waals surface area contributed by atoms with Crippen LogP contribution < -0.4 is 5.32 Å². The molecular weight excluding hydrogens is 211 g/mol. The molecule has 0 aliphatic heterocycles. The highest BCUT2D eigenvalue weighted by molar-refractivity contribution is 5.34. The maximum Gasteiger partial charge on any atom is 0.124 e. The Kier molecular flexibility index (Phi) is 4.38. The van der Waals surface area contributed by atoms with Crippen molar-refractivity contribution in [3.05, 3.63) is 35.1 Å². The molecule has 0 spiro atoms. The molecule has 0 aliphatic rings. The number of likely N-dealkylation sites (N-methyl/N-ethyl adjacent to an activating group) is 1. The third-order valence-electron chi connectivity index (χ3n) is 2.17. The normalized spacial score (nSPS) is 14.2. The predicted octanol–water partition coefficient (Wildman–Crippen LogP) is 0.311. The fraction of sp³-hybridized carbons (Fsp3) is 0.364. The third-order valence-corrected chi connectivity index (χ3v) is 2.17. The Morgan fingerprint density at radius 1 is 1.44 bits per heavy atom. The number of aliphatic hydroxyl groups is 2. The summed E-state index contributed by atoms with van der Waals surface area (Å²) in [6.07, 6.45) is -2.26. The van der Waals surface area contributed by atoms with Crippen molar-refractivity contribution in [1.29, 1.82) is 5.26 Å². The number of nitrogens with zero attached hydrogens (tertiary/aromatic N) is 1. The second-order valence-corrected chi connectivity index (χ2v) is 3.45. The molecule has 3 N–H and O–H groups in total. The highest BCUT2D eigenvalue weighted by atomic mass is 19.1. The standard InChI is InChI=1S/C11H13FN2O2/c1-14-6-10(15)11(16)8-2-7(5-13)3-9(12)4-8/h2-4,10-11,14-16H,6H2,1H3. The van der Waals surface area contributed by atoms with Crippen LogP contribution in [-0.4, -0.2) is 29.9 Å². The SMILES string of the molecule is CNCC(O)C(O)c1cc(F)cc(C#N)c1. The fourth-order valence-electron chi connectivity index (χ4n) is 1.39. The van der Waals surface area contributed by atoms with Gasteiger partial charge >= 0.3 is 0 Å². The maximum absolute atomic E-state index is 13.1. The lowest BCUT2D eigenvalue weighted by Gasteiger charge is -2.17. The van der Waals surface area contributed by atoms with Crippen LogP contribution >= 0.6 is 0 Å². The molecule has 2 atom stereocenters. The minimum absolute atomic E-state index is 0.116. The minimum Gasteiger partial charge on any atom is -0.389 e. The van der Waals surface area contributed by atoms with E-state index in [1.54, 1.807) is 13.1 Å². The van der Waals surface area contributed by atoms with Crippen molar-refractivity contribution < 1.29 is 14.6 Å². The summed E-state index contributed by atoms with van der Waals surface area (Å²) in [7, 11) is 1.63. The number of nitriles is 1. The number of hydrogen-bond donors (Lipinski definition) is 3. The molecule has 0 aliphatic carbocycles. The van der Waals surface area contributed by atoms with Gasteiger partial charge in [0.1, 0.15) is 11.9 Å². The van der Waals surface area contributed by atoms with E-state index in [9.17, 15) is 14.6 Å². The molecule has 2 unspecified atom stereocenters. The molecule has 16 heavy (non-hydrogen) atoms. The van der Waals surface area contributed by atoms with Crippen molar-refractivity contribution in [1.82, 2.24) is 5.32 Å². The number of rotatable bonds is 4. The van der Waals surface area contributed by atoms with Crippen molar-refractivity contribution in [2.75, 3.05) is 13.6 Å². The average molecular weight is 224 g/mol. The van der Waals surface area contributed by atoms with Gasteiger partial charge in [-0.15, -0.1) is 0 Å². The molecule has 1 rings (SSSR count). The van der Waals surface area contributed by atoms with E-state index in [4.69, 9.17) is 5.26 Å². The molecule has 1 aromatic rings. The number of aliphatic hydroxyl groups excluding tert-OH is 2. The first-order valence-corrected chi connectivity index (χ1v) is 4.79. The van der Waals surface area contributed by atoms with Crippen LogP contribution in [0.3, 0.4) is 0 Å². The van der Waals surface area contributed by atoms with Gasteiger partial charge in [-0.25, -0.2) is 4.39 Å². The van der Waals surface area contributed by atoms with E-state index >= 15 is 0 Å². The van der Waals surface area contributed by atoms with Gasteiger partial charge in [0.15, 0.2) is 0 Å². The summed E-state index contributed by atoms with van der Waals surface area (Å²) in [6, 6.07) is 5.31. The first kappa shape index (κ1) is 12.6. The van der Waals surface area contributed by atoms with Gasteiger partial charge in [0.25, 0.3) is 0 Å². The topological polar surface area (TPSA) is 76.3 Å². The lowest BCUT2D eigenvalue weighted by Crippen LogP contribution is -2.29. The van der Waals surface area contributed by atoms with E-state index in [1.807, 2.05) is 0 Å². The number of hydrogen-bond acceptors (Lipinski definition) is 4. The number of nitrogens with one attached hydrogen (secondary N) is 1. The molecule has 4 nitrogen and oxygen atoms in total. The highest BCUT2D eigenvalue weighted by Crippen LogP contribution is 2.19. The summed E-state index contributed by atoms with van der Waals surface area (Å²) >= 11 is 0. The minimum atomic E-state index is -1.21. The Labute approximate surface area is 93.0 Å². The molecule has 0 bridgehead atoms. The zero-order valence-corrected chi connectivity index (χ0v) is 8.81. The van der Waals surface area contributed by atoms with Crippen molar-refractivity contribution in [3.8, 4) is 6.07 Å². The summed E-state index contributed by atoms with van der Waals surface area (Å²) in [4.78, 5) is 0. The molecule has 0 amide bonds. The lowest BCUT2D eigenvalue weighted by molar-refractivity contribution is 0.0201. The predicted molar refractivity (Wildman–Crippen MR) is 56.0 cm³/mol. The van der Waals surface area contributed by atoms with Crippen LogP contribution in [-0.2, 0) is 0 Å². The van der Waals surface area contributed by atoms with Gasteiger partial charge in [0.2, 0.25) is 0 Å². The molecule has 0 saturated carbocycles. The van der Waals surface area contributed by atoms with E-state index < -0.39 is 18.0 Å². The Hall–Kier alpha value is -1.48. The van der Waals surface area contributed by atoms with Crippen molar-refractivity contribution in [2.24, 2.45) is 0 Å². The Balaban J connectivity index is 2.95. The van der Waals surface area contributed by atoms with Crippen LogP contribution in [0.5, 0.6) is 0 Å². The lowest BCUT2D eigenvalue weighted by atomic mass is 10.0. The van der Waals surface area contributed by atoms with Gasteiger partial charge in [-0.05, 0) is 30.8 Å². The molecule has 86 valence electrons. The van der Waals surface area contributed by atoms with Crippen molar-refractivity contribution >= 4 is 0 Å². The van der Waals surface area contributed by atoms with Gasteiger partial charge in [-0.1, -0.05) is 0 Å². The van der Waals surface area contributed by atoms with Crippen LogP contribution in [0, 0.1) is 17.1 Å². The largest absolute Gasteiger partial charge is 0.389 e. The Morgan fingerprint density at radius 3 is 2.69 bits per heavy atom. The quantitative estimate of drug-likeness (QED) is 0.688. The Bertz CT molecular complexity index is 403. The van der Waals surface area contributed by atoms with E-state index in [1.165, 1.54) is 6.07 Å². The summed E-state index contributed by atoms with van der Waals surface area (Å²) in [5, 5.41) is 30.5. The fourth-order valence-corrected chi connectivity index (χ4v) is 1.39. The second kappa shape index (κ2) is 5.56. The second-order valence-electron chi connectivity index (χ2n) is 3.45. The maximum atomic E-state index is 13.1. The van der Waals surface area contributed by atoms with Crippen molar-refractivity contribution in [3.63, 3.8) is 0 Å². The summed E-state index contributed by atoms with van der Waals surface area (Å²) in [5.74, 6) is -0.607. The molecular formula is C11H13FN2O2. The van der Waals surface area contributed by atoms with Crippen LogP contribution in [0.25, 0.3) is 0 Å². The van der Waals surface area contributed by atoms with E-state index in [2.05, 4.69) is 5.32 Å². The zero-order chi connectivity index (χ0) is 12.1. The molecule has 0 saturated heterocycles. The van der Waals surface area contributed by atoms with Gasteiger partial charge in [-0.2, -0.15) is 5.26 Å². The smallest absolute Gasteiger partial charge is 0.124 e. The molecule has 1 aromatic carbocycles. The highest BCUT2D eigenvalue weighted by Gasteiger charge is 2.18. The van der Waals surface area contributed by atoms with E-state index in [-0.39, 0.29) is 17.7 Å². The van der Waals surface area contributed by atoms with Crippen molar-refractivity contribution in [2.45, 2.75) is 12.2 Å². The summed E-state index contributed by atoms with van der Waals surface area (Å²) < 4.78 is 13.1. The van der Waals surface area contributed by atoms with Crippen LogP contribution in [0.15, 0.2) is 18.2 Å². The summed E-state index contributed by atoms with van der Waals surface area (Å²) in [6.45, 7) is 0.180. The Morgan fingerprint density at radius 2 is 2.12 bits per heavy atom. The summed E-state index contributed by atoms with van der Waals surface area (Å²) in [5.41, 5.74) is 0.310. The molecule has 0 heterocycles.